The molecule has 3 heteroatoms. The molecule has 0 amide bonds. The molecule has 120 valence electrons. The van der Waals surface area contributed by atoms with Gasteiger partial charge in [-0.25, -0.2) is 0 Å². The third kappa shape index (κ3) is 15.1. The highest BCUT2D eigenvalue weighted by atomic mass is 16.5. The largest absolute Gasteiger partial charge is 0.392 e. The van der Waals surface area contributed by atoms with E-state index in [4.69, 9.17) is 14.9 Å². The van der Waals surface area contributed by atoms with E-state index in [9.17, 15) is 0 Å². The number of rotatable bonds is 12. The number of aliphatic hydroxyl groups is 2. The Hall–Kier alpha value is -1.16. The first-order chi connectivity index (χ1) is 10.2. The maximum atomic E-state index is 8.71. The monoisotopic (exact) mass is 294 g/mol. The van der Waals surface area contributed by atoms with E-state index in [1.54, 1.807) is 12.2 Å². The topological polar surface area (TPSA) is 49.7 Å². The number of allylic oxidation sites excluding steroid dienone is 6. The number of aliphatic hydroxyl groups excluding tert-OH is 2. The molecule has 0 aromatic rings. The first kappa shape index (κ1) is 19.8. The van der Waals surface area contributed by atoms with Gasteiger partial charge in [0.15, 0.2) is 0 Å². The summed E-state index contributed by atoms with van der Waals surface area (Å²) in [4.78, 5) is 0. The van der Waals surface area contributed by atoms with Gasteiger partial charge in [-0.05, 0) is 39.5 Å². The molecule has 0 atom stereocenters. The molecule has 2 N–H and O–H groups in total. The average Bonchev–Trinajstić information content (AvgIpc) is 2.45. The lowest BCUT2D eigenvalue weighted by molar-refractivity contribution is 0.130. The average molecular weight is 294 g/mol. The minimum atomic E-state index is 0.100. The SMILES string of the molecule is CC(C=CCCCOCCCC=CC(C)=CCO)=CCO. The zero-order chi connectivity index (χ0) is 15.8. The summed E-state index contributed by atoms with van der Waals surface area (Å²) in [7, 11) is 0. The van der Waals surface area contributed by atoms with E-state index in [1.165, 1.54) is 0 Å². The second-order valence-corrected chi connectivity index (χ2v) is 4.96. The van der Waals surface area contributed by atoms with Crippen LogP contribution in [0.3, 0.4) is 0 Å². The molecule has 0 aromatic carbocycles. The summed E-state index contributed by atoms with van der Waals surface area (Å²) >= 11 is 0. The molecule has 0 fully saturated rings. The van der Waals surface area contributed by atoms with Gasteiger partial charge in [-0.1, -0.05) is 47.6 Å². The van der Waals surface area contributed by atoms with Crippen LogP contribution in [0.2, 0.25) is 0 Å². The van der Waals surface area contributed by atoms with Crippen molar-refractivity contribution in [1.29, 1.82) is 0 Å². The highest BCUT2D eigenvalue weighted by molar-refractivity contribution is 5.16. The van der Waals surface area contributed by atoms with Crippen LogP contribution in [-0.2, 0) is 4.74 Å². The molecular weight excluding hydrogens is 264 g/mol. The van der Waals surface area contributed by atoms with Gasteiger partial charge in [-0.3, -0.25) is 0 Å². The van der Waals surface area contributed by atoms with Crippen molar-refractivity contribution in [1.82, 2.24) is 0 Å². The Morgan fingerprint density at radius 2 is 1.24 bits per heavy atom. The van der Waals surface area contributed by atoms with E-state index in [1.807, 2.05) is 26.0 Å². The van der Waals surface area contributed by atoms with E-state index in [0.29, 0.717) is 0 Å². The quantitative estimate of drug-likeness (QED) is 0.427. The Labute approximate surface area is 129 Å². The normalized spacial score (nSPS) is 13.7. The smallest absolute Gasteiger partial charge is 0.0617 e. The molecule has 0 aromatic heterocycles. The van der Waals surface area contributed by atoms with E-state index in [2.05, 4.69) is 12.2 Å². The van der Waals surface area contributed by atoms with Crippen molar-refractivity contribution in [3.8, 4) is 0 Å². The van der Waals surface area contributed by atoms with E-state index >= 15 is 0 Å². The predicted octanol–water partition coefficient (Wildman–Crippen LogP) is 3.55. The fraction of sp³-hybridized carbons (Fsp3) is 0.556. The second kappa shape index (κ2) is 15.2. The minimum Gasteiger partial charge on any atom is -0.392 e. The Bertz CT molecular complexity index is 317. The zero-order valence-corrected chi connectivity index (χ0v) is 13.4. The summed E-state index contributed by atoms with van der Waals surface area (Å²) in [5.74, 6) is 0. The van der Waals surface area contributed by atoms with Crippen LogP contribution in [0.1, 0.15) is 39.5 Å². The van der Waals surface area contributed by atoms with Gasteiger partial charge >= 0.3 is 0 Å². The van der Waals surface area contributed by atoms with Crippen molar-refractivity contribution >= 4 is 0 Å². The predicted molar refractivity (Wildman–Crippen MR) is 89.3 cm³/mol. The zero-order valence-electron chi connectivity index (χ0n) is 13.4. The van der Waals surface area contributed by atoms with Gasteiger partial charge in [0.1, 0.15) is 0 Å². The van der Waals surface area contributed by atoms with Crippen LogP contribution in [0.5, 0.6) is 0 Å². The number of hydrogen-bond donors (Lipinski definition) is 2. The first-order valence-electron chi connectivity index (χ1n) is 7.66. The molecule has 3 nitrogen and oxygen atoms in total. The molecule has 0 aliphatic carbocycles. The lowest BCUT2D eigenvalue weighted by Crippen LogP contribution is -1.96. The van der Waals surface area contributed by atoms with Crippen molar-refractivity contribution < 1.29 is 14.9 Å². The third-order valence-corrected chi connectivity index (χ3v) is 2.91. The highest BCUT2D eigenvalue weighted by Crippen LogP contribution is 2.01. The van der Waals surface area contributed by atoms with Crippen LogP contribution >= 0.6 is 0 Å². The molecule has 0 saturated heterocycles. The van der Waals surface area contributed by atoms with E-state index in [0.717, 1.165) is 50.0 Å². The maximum Gasteiger partial charge on any atom is 0.0617 e. The van der Waals surface area contributed by atoms with Gasteiger partial charge < -0.3 is 14.9 Å². The first-order valence-corrected chi connectivity index (χ1v) is 7.66. The third-order valence-electron chi connectivity index (χ3n) is 2.91. The summed E-state index contributed by atoms with van der Waals surface area (Å²) in [5.41, 5.74) is 2.19. The minimum absolute atomic E-state index is 0.100. The van der Waals surface area contributed by atoms with E-state index < -0.39 is 0 Å². The van der Waals surface area contributed by atoms with Crippen LogP contribution < -0.4 is 0 Å². The van der Waals surface area contributed by atoms with Gasteiger partial charge in [0.2, 0.25) is 0 Å². The van der Waals surface area contributed by atoms with Gasteiger partial charge in [-0.2, -0.15) is 0 Å². The van der Waals surface area contributed by atoms with E-state index in [-0.39, 0.29) is 13.2 Å². The van der Waals surface area contributed by atoms with Crippen LogP contribution in [0.15, 0.2) is 47.6 Å². The van der Waals surface area contributed by atoms with Crippen molar-refractivity contribution in [3.63, 3.8) is 0 Å². The number of ether oxygens (including phenoxy) is 1. The molecule has 0 aliphatic rings. The standard InChI is InChI=1S/C18H30O3/c1-17(11-13-19)9-5-3-7-15-21-16-8-4-6-10-18(2)12-14-20/h5-6,9-12,19-20H,3-4,7-8,13-16H2,1-2H3. The molecule has 0 bridgehead atoms. The molecule has 0 saturated carbocycles. The Kier molecular flexibility index (Phi) is 14.4. The summed E-state index contributed by atoms with van der Waals surface area (Å²) in [6.07, 6.45) is 15.9. The van der Waals surface area contributed by atoms with Gasteiger partial charge in [-0.15, -0.1) is 0 Å². The second-order valence-electron chi connectivity index (χ2n) is 4.96. The van der Waals surface area contributed by atoms with Crippen LogP contribution in [0.4, 0.5) is 0 Å². The number of unbranched alkanes of at least 4 members (excludes halogenated alkanes) is 2. The summed E-state index contributed by atoms with van der Waals surface area (Å²) < 4.78 is 5.57. The van der Waals surface area contributed by atoms with Crippen molar-refractivity contribution in [2.75, 3.05) is 26.4 Å². The van der Waals surface area contributed by atoms with Crippen molar-refractivity contribution in [2.45, 2.75) is 39.5 Å². The van der Waals surface area contributed by atoms with Gasteiger partial charge in [0.25, 0.3) is 0 Å². The summed E-state index contributed by atoms with van der Waals surface area (Å²) in [6.45, 7) is 5.75. The molecule has 0 spiro atoms. The van der Waals surface area contributed by atoms with Crippen molar-refractivity contribution in [2.24, 2.45) is 0 Å². The Morgan fingerprint density at radius 1 is 0.810 bits per heavy atom. The molecule has 0 aliphatic heterocycles. The van der Waals surface area contributed by atoms with Crippen LogP contribution in [0, 0.1) is 0 Å². The van der Waals surface area contributed by atoms with Crippen molar-refractivity contribution in [3.05, 3.63) is 47.6 Å². The molecular formula is C18H30O3. The maximum absolute atomic E-state index is 8.71. The Morgan fingerprint density at radius 3 is 1.62 bits per heavy atom. The molecule has 21 heavy (non-hydrogen) atoms. The fourth-order valence-corrected chi connectivity index (χ4v) is 1.67. The highest BCUT2D eigenvalue weighted by Gasteiger charge is 1.89. The molecule has 0 heterocycles. The molecule has 0 rings (SSSR count). The van der Waals surface area contributed by atoms with Crippen LogP contribution in [0.25, 0.3) is 0 Å². The Balaban J connectivity index is 3.41. The fourth-order valence-electron chi connectivity index (χ4n) is 1.67. The summed E-state index contributed by atoms with van der Waals surface area (Å²) in [5, 5.41) is 17.4. The van der Waals surface area contributed by atoms with Gasteiger partial charge in [0, 0.05) is 13.2 Å². The lowest BCUT2D eigenvalue weighted by atomic mass is 10.2. The lowest BCUT2D eigenvalue weighted by Gasteiger charge is -2.01. The number of hydrogen-bond acceptors (Lipinski definition) is 3. The molecule has 0 radical (unpaired) electrons. The summed E-state index contributed by atoms with van der Waals surface area (Å²) in [6, 6.07) is 0. The van der Waals surface area contributed by atoms with Gasteiger partial charge in [0.05, 0.1) is 13.2 Å². The van der Waals surface area contributed by atoms with Crippen LogP contribution in [-0.4, -0.2) is 36.6 Å². The molecule has 0 unspecified atom stereocenters.